The third-order valence-corrected chi connectivity index (χ3v) is 3.09. The summed E-state index contributed by atoms with van der Waals surface area (Å²) in [5.74, 6) is 0.0224. The summed E-state index contributed by atoms with van der Waals surface area (Å²) in [6.07, 6.45) is 3.91. The standard InChI is InChI=1S/C15H24N2O/c1-3-6-14(4-2)17-15(18)13-8-5-7-12(11-13)9-10-16/h5,7-8,11,14H,3-4,6,9-10,16H2,1-2H3,(H,17,18). The maximum atomic E-state index is 12.1. The lowest BCUT2D eigenvalue weighted by Gasteiger charge is -2.16. The molecule has 0 bridgehead atoms. The molecule has 3 nitrogen and oxygen atoms in total. The van der Waals surface area contributed by atoms with Gasteiger partial charge >= 0.3 is 0 Å². The predicted octanol–water partition coefficient (Wildman–Crippen LogP) is 2.50. The van der Waals surface area contributed by atoms with Gasteiger partial charge in [0.2, 0.25) is 0 Å². The van der Waals surface area contributed by atoms with Gasteiger partial charge in [-0.3, -0.25) is 4.79 Å². The number of rotatable bonds is 7. The molecular formula is C15H24N2O. The highest BCUT2D eigenvalue weighted by Crippen LogP contribution is 2.08. The van der Waals surface area contributed by atoms with Gasteiger partial charge in [-0.1, -0.05) is 32.4 Å². The molecule has 3 heteroatoms. The van der Waals surface area contributed by atoms with Crippen LogP contribution >= 0.6 is 0 Å². The van der Waals surface area contributed by atoms with E-state index in [9.17, 15) is 4.79 Å². The van der Waals surface area contributed by atoms with E-state index in [1.165, 1.54) is 0 Å². The van der Waals surface area contributed by atoms with E-state index >= 15 is 0 Å². The van der Waals surface area contributed by atoms with Crippen LogP contribution in [0.1, 0.15) is 49.0 Å². The molecular weight excluding hydrogens is 224 g/mol. The first kappa shape index (κ1) is 14.7. The third kappa shape index (κ3) is 4.49. The van der Waals surface area contributed by atoms with Crippen LogP contribution in [0.2, 0.25) is 0 Å². The maximum Gasteiger partial charge on any atom is 0.251 e. The molecule has 1 atom stereocenters. The average Bonchev–Trinajstić information content (AvgIpc) is 2.39. The molecule has 0 heterocycles. The Labute approximate surface area is 110 Å². The van der Waals surface area contributed by atoms with Gasteiger partial charge in [-0.2, -0.15) is 0 Å². The lowest BCUT2D eigenvalue weighted by Crippen LogP contribution is -2.34. The number of nitrogens with one attached hydrogen (secondary N) is 1. The van der Waals surface area contributed by atoms with E-state index in [0.717, 1.165) is 36.8 Å². The number of amides is 1. The second kappa shape index (κ2) is 7.88. The lowest BCUT2D eigenvalue weighted by atomic mass is 10.1. The summed E-state index contributed by atoms with van der Waals surface area (Å²) in [6.45, 7) is 4.85. The monoisotopic (exact) mass is 248 g/mol. The molecule has 3 N–H and O–H groups in total. The molecule has 1 rings (SSSR count). The minimum atomic E-state index is 0.0224. The zero-order valence-electron chi connectivity index (χ0n) is 11.4. The van der Waals surface area contributed by atoms with Crippen LogP contribution < -0.4 is 11.1 Å². The van der Waals surface area contributed by atoms with Gasteiger partial charge in [-0.25, -0.2) is 0 Å². The fraction of sp³-hybridized carbons (Fsp3) is 0.533. The molecule has 0 aromatic heterocycles. The molecule has 1 aromatic rings. The first-order valence-corrected chi connectivity index (χ1v) is 6.81. The quantitative estimate of drug-likeness (QED) is 0.779. The van der Waals surface area contributed by atoms with Crippen LogP contribution in [0.5, 0.6) is 0 Å². The second-order valence-corrected chi connectivity index (χ2v) is 4.61. The van der Waals surface area contributed by atoms with Crippen LogP contribution in [-0.2, 0) is 6.42 Å². The van der Waals surface area contributed by atoms with Crippen LogP contribution in [0.25, 0.3) is 0 Å². The van der Waals surface area contributed by atoms with E-state index in [0.29, 0.717) is 6.54 Å². The SMILES string of the molecule is CCCC(CC)NC(=O)c1cccc(CCN)c1. The molecule has 0 saturated heterocycles. The zero-order chi connectivity index (χ0) is 13.4. The van der Waals surface area contributed by atoms with Crippen LogP contribution in [0.15, 0.2) is 24.3 Å². The van der Waals surface area contributed by atoms with Gasteiger partial charge in [0.15, 0.2) is 0 Å². The number of carbonyl (C=O) groups excluding carboxylic acids is 1. The third-order valence-electron chi connectivity index (χ3n) is 3.09. The normalized spacial score (nSPS) is 12.2. The first-order valence-electron chi connectivity index (χ1n) is 6.81. The van der Waals surface area contributed by atoms with E-state index in [-0.39, 0.29) is 11.9 Å². The summed E-state index contributed by atoms with van der Waals surface area (Å²) < 4.78 is 0. The number of nitrogens with two attached hydrogens (primary N) is 1. The summed E-state index contributed by atoms with van der Waals surface area (Å²) in [6, 6.07) is 7.99. The molecule has 1 unspecified atom stereocenters. The van der Waals surface area contributed by atoms with Crippen molar-refractivity contribution < 1.29 is 4.79 Å². The molecule has 1 aromatic carbocycles. The summed E-state index contributed by atoms with van der Waals surface area (Å²) >= 11 is 0. The van der Waals surface area contributed by atoms with Crippen molar-refractivity contribution in [1.82, 2.24) is 5.32 Å². The first-order chi connectivity index (χ1) is 8.71. The van der Waals surface area contributed by atoms with Gasteiger partial charge in [-0.05, 0) is 43.5 Å². The molecule has 18 heavy (non-hydrogen) atoms. The fourth-order valence-electron chi connectivity index (χ4n) is 2.03. The predicted molar refractivity (Wildman–Crippen MR) is 75.7 cm³/mol. The van der Waals surface area contributed by atoms with Crippen molar-refractivity contribution in [3.8, 4) is 0 Å². The van der Waals surface area contributed by atoms with E-state index in [2.05, 4.69) is 19.2 Å². The van der Waals surface area contributed by atoms with Crippen LogP contribution in [-0.4, -0.2) is 18.5 Å². The molecule has 0 aliphatic rings. The molecule has 0 radical (unpaired) electrons. The highest BCUT2D eigenvalue weighted by Gasteiger charge is 2.11. The summed E-state index contributed by atoms with van der Waals surface area (Å²) in [5.41, 5.74) is 7.38. The van der Waals surface area contributed by atoms with Gasteiger partial charge in [0, 0.05) is 11.6 Å². The summed E-state index contributed by atoms with van der Waals surface area (Å²) in [7, 11) is 0. The van der Waals surface area contributed by atoms with Crippen LogP contribution in [0.3, 0.4) is 0 Å². The van der Waals surface area contributed by atoms with Gasteiger partial charge in [0.25, 0.3) is 5.91 Å². The Kier molecular flexibility index (Phi) is 6.44. The van der Waals surface area contributed by atoms with Gasteiger partial charge in [0.05, 0.1) is 0 Å². The highest BCUT2D eigenvalue weighted by atomic mass is 16.1. The Morgan fingerprint density at radius 2 is 2.17 bits per heavy atom. The summed E-state index contributed by atoms with van der Waals surface area (Å²) in [4.78, 5) is 12.1. The number of benzene rings is 1. The number of hydrogen-bond donors (Lipinski definition) is 2. The topological polar surface area (TPSA) is 55.1 Å². The number of carbonyl (C=O) groups is 1. The average molecular weight is 248 g/mol. The molecule has 0 aliphatic carbocycles. The van der Waals surface area contributed by atoms with E-state index in [1.54, 1.807) is 0 Å². The summed E-state index contributed by atoms with van der Waals surface area (Å²) in [5, 5.41) is 3.08. The largest absolute Gasteiger partial charge is 0.349 e. The Balaban J connectivity index is 2.68. The van der Waals surface area contributed by atoms with Crippen LogP contribution in [0.4, 0.5) is 0 Å². The Morgan fingerprint density at radius 3 is 2.78 bits per heavy atom. The number of hydrogen-bond acceptors (Lipinski definition) is 2. The molecule has 0 fully saturated rings. The van der Waals surface area contributed by atoms with Crippen molar-refractivity contribution in [1.29, 1.82) is 0 Å². The maximum absolute atomic E-state index is 12.1. The van der Waals surface area contributed by atoms with Gasteiger partial charge in [0.1, 0.15) is 0 Å². The second-order valence-electron chi connectivity index (χ2n) is 4.61. The van der Waals surface area contributed by atoms with Crippen molar-refractivity contribution in [3.63, 3.8) is 0 Å². The van der Waals surface area contributed by atoms with E-state index in [1.807, 2.05) is 24.3 Å². The zero-order valence-corrected chi connectivity index (χ0v) is 11.4. The van der Waals surface area contributed by atoms with E-state index in [4.69, 9.17) is 5.73 Å². The van der Waals surface area contributed by atoms with E-state index < -0.39 is 0 Å². The van der Waals surface area contributed by atoms with Crippen LogP contribution in [0, 0.1) is 0 Å². The highest BCUT2D eigenvalue weighted by molar-refractivity contribution is 5.94. The van der Waals surface area contributed by atoms with Gasteiger partial charge < -0.3 is 11.1 Å². The molecule has 0 saturated carbocycles. The van der Waals surface area contributed by atoms with Gasteiger partial charge in [-0.15, -0.1) is 0 Å². The minimum Gasteiger partial charge on any atom is -0.349 e. The van der Waals surface area contributed by atoms with Crippen molar-refractivity contribution in [2.45, 2.75) is 45.6 Å². The lowest BCUT2D eigenvalue weighted by molar-refractivity contribution is 0.0933. The van der Waals surface area contributed by atoms with Crippen molar-refractivity contribution in [2.75, 3.05) is 6.54 Å². The Bertz CT molecular complexity index is 377. The fourth-order valence-corrected chi connectivity index (χ4v) is 2.03. The Morgan fingerprint density at radius 1 is 1.39 bits per heavy atom. The van der Waals surface area contributed by atoms with Crippen molar-refractivity contribution in [2.24, 2.45) is 5.73 Å². The molecule has 0 aliphatic heterocycles. The molecule has 1 amide bonds. The molecule has 100 valence electrons. The smallest absolute Gasteiger partial charge is 0.251 e. The van der Waals surface area contributed by atoms with Crippen molar-refractivity contribution in [3.05, 3.63) is 35.4 Å². The Hall–Kier alpha value is -1.35. The minimum absolute atomic E-state index is 0.0224. The molecule has 0 spiro atoms. The van der Waals surface area contributed by atoms with Crippen molar-refractivity contribution >= 4 is 5.91 Å².